The maximum absolute atomic E-state index is 11.8. The van der Waals surface area contributed by atoms with Crippen LogP contribution in [0.5, 0.6) is 0 Å². The summed E-state index contributed by atoms with van der Waals surface area (Å²) in [7, 11) is 1.41. The molecule has 0 atom stereocenters. The third kappa shape index (κ3) is 1.42. The first-order valence-electron chi connectivity index (χ1n) is 4.85. The van der Waals surface area contributed by atoms with E-state index in [-0.39, 0.29) is 16.8 Å². The number of hydrogen-bond acceptors (Lipinski definition) is 5. The van der Waals surface area contributed by atoms with Crippen LogP contribution in [-0.2, 0) is 9.53 Å². The van der Waals surface area contributed by atoms with Gasteiger partial charge >= 0.3 is 0 Å². The number of Topliss-reactive ketones (excluding diaryl/α,β-unsaturated/α-hetero) is 2. The smallest absolute Gasteiger partial charge is 0.236 e. The van der Waals surface area contributed by atoms with Crippen molar-refractivity contribution in [2.24, 2.45) is 0 Å². The predicted molar refractivity (Wildman–Crippen MR) is 57.9 cm³/mol. The van der Waals surface area contributed by atoms with E-state index in [9.17, 15) is 9.59 Å². The fraction of sp³-hybridized carbons (Fsp3) is 0.167. The summed E-state index contributed by atoms with van der Waals surface area (Å²) in [5.41, 5.74) is 0.673. The Morgan fingerprint density at radius 3 is 2.65 bits per heavy atom. The average Bonchev–Trinajstić information content (AvgIpc) is 2.36. The lowest BCUT2D eigenvalue weighted by atomic mass is 9.88. The van der Waals surface area contributed by atoms with E-state index in [4.69, 9.17) is 10.00 Å². The molecule has 0 N–H and O–H groups in total. The van der Waals surface area contributed by atoms with E-state index in [2.05, 4.69) is 4.98 Å². The second kappa shape index (κ2) is 3.83. The SMILES string of the molecule is COC1=C(C)C(=O)C(=O)c2c1ccnc2C#N. The number of rotatable bonds is 1. The Balaban J connectivity index is 2.85. The molecule has 0 fully saturated rings. The molecule has 0 saturated carbocycles. The van der Waals surface area contributed by atoms with Crippen LogP contribution < -0.4 is 0 Å². The number of nitrogens with zero attached hydrogens (tertiary/aromatic N) is 2. The van der Waals surface area contributed by atoms with Crippen molar-refractivity contribution in [3.05, 3.63) is 34.7 Å². The lowest BCUT2D eigenvalue weighted by molar-refractivity contribution is -0.111. The molecule has 0 saturated heterocycles. The van der Waals surface area contributed by atoms with Crippen LogP contribution in [0.4, 0.5) is 0 Å². The Bertz CT molecular complexity index is 609. The minimum Gasteiger partial charge on any atom is -0.496 e. The van der Waals surface area contributed by atoms with Crippen molar-refractivity contribution < 1.29 is 14.3 Å². The summed E-state index contributed by atoms with van der Waals surface area (Å²) in [5.74, 6) is -1.04. The molecule has 5 nitrogen and oxygen atoms in total. The molecule has 0 unspecified atom stereocenters. The fourth-order valence-electron chi connectivity index (χ4n) is 1.82. The zero-order valence-electron chi connectivity index (χ0n) is 9.27. The maximum Gasteiger partial charge on any atom is 0.236 e. The molecule has 0 spiro atoms. The Kier molecular flexibility index (Phi) is 2.48. The molecule has 1 aliphatic carbocycles. The summed E-state index contributed by atoms with van der Waals surface area (Å²) in [6.45, 7) is 1.52. The monoisotopic (exact) mass is 228 g/mol. The highest BCUT2D eigenvalue weighted by atomic mass is 16.5. The van der Waals surface area contributed by atoms with Crippen molar-refractivity contribution >= 4 is 17.3 Å². The number of fused-ring (bicyclic) bond motifs is 1. The number of ketones is 2. The highest BCUT2D eigenvalue weighted by Gasteiger charge is 2.33. The lowest BCUT2D eigenvalue weighted by Crippen LogP contribution is -2.25. The number of aromatic nitrogens is 1. The van der Waals surface area contributed by atoms with Gasteiger partial charge in [-0.2, -0.15) is 5.26 Å². The fourth-order valence-corrected chi connectivity index (χ4v) is 1.82. The van der Waals surface area contributed by atoms with Gasteiger partial charge in [0.2, 0.25) is 11.6 Å². The molecule has 1 aromatic heterocycles. The van der Waals surface area contributed by atoms with Crippen molar-refractivity contribution in [3.8, 4) is 6.07 Å². The van der Waals surface area contributed by atoms with Gasteiger partial charge < -0.3 is 4.74 Å². The van der Waals surface area contributed by atoms with Gasteiger partial charge in [-0.25, -0.2) is 4.98 Å². The van der Waals surface area contributed by atoms with E-state index in [1.54, 1.807) is 12.1 Å². The summed E-state index contributed by atoms with van der Waals surface area (Å²) in [4.78, 5) is 27.3. The van der Waals surface area contributed by atoms with Crippen LogP contribution in [0.1, 0.15) is 28.5 Å². The van der Waals surface area contributed by atoms with Crippen LogP contribution in [0.2, 0.25) is 0 Å². The normalized spacial score (nSPS) is 14.4. The number of carbonyl (C=O) groups is 2. The van der Waals surface area contributed by atoms with Crippen molar-refractivity contribution in [1.82, 2.24) is 4.98 Å². The molecule has 0 aliphatic heterocycles. The van der Waals surface area contributed by atoms with Gasteiger partial charge in [0.1, 0.15) is 11.8 Å². The van der Waals surface area contributed by atoms with Crippen LogP contribution in [0.3, 0.4) is 0 Å². The van der Waals surface area contributed by atoms with Gasteiger partial charge in [-0.3, -0.25) is 9.59 Å². The van der Waals surface area contributed by atoms with Crippen molar-refractivity contribution in [2.45, 2.75) is 6.92 Å². The summed E-state index contributed by atoms with van der Waals surface area (Å²) in [6, 6.07) is 3.36. The van der Waals surface area contributed by atoms with Gasteiger partial charge in [-0.15, -0.1) is 0 Å². The topological polar surface area (TPSA) is 80.1 Å². The maximum atomic E-state index is 11.8. The second-order valence-electron chi connectivity index (χ2n) is 3.51. The molecular formula is C12H8N2O3. The Hall–Kier alpha value is -2.48. The highest BCUT2D eigenvalue weighted by molar-refractivity contribution is 6.52. The molecule has 1 aliphatic rings. The molecule has 1 heterocycles. The van der Waals surface area contributed by atoms with E-state index in [1.165, 1.54) is 20.2 Å². The average molecular weight is 228 g/mol. The van der Waals surface area contributed by atoms with E-state index in [1.807, 2.05) is 0 Å². The van der Waals surface area contributed by atoms with Gasteiger partial charge in [0.15, 0.2) is 5.69 Å². The van der Waals surface area contributed by atoms with Crippen molar-refractivity contribution in [1.29, 1.82) is 5.26 Å². The number of ether oxygens (including phenoxy) is 1. The molecule has 84 valence electrons. The largest absolute Gasteiger partial charge is 0.496 e. The quantitative estimate of drug-likeness (QED) is 0.672. The van der Waals surface area contributed by atoms with Gasteiger partial charge in [0.25, 0.3) is 0 Å². The number of nitriles is 1. The summed E-state index contributed by atoms with van der Waals surface area (Å²) < 4.78 is 5.12. The molecule has 1 aromatic rings. The van der Waals surface area contributed by atoms with Crippen LogP contribution in [0.15, 0.2) is 17.8 Å². The van der Waals surface area contributed by atoms with E-state index < -0.39 is 11.6 Å². The van der Waals surface area contributed by atoms with E-state index in [0.717, 1.165) is 0 Å². The first-order valence-corrected chi connectivity index (χ1v) is 4.85. The Morgan fingerprint density at radius 2 is 2.06 bits per heavy atom. The number of pyridine rings is 1. The first-order chi connectivity index (χ1) is 8.11. The predicted octanol–water partition coefficient (Wildman–Crippen LogP) is 1.10. The highest BCUT2D eigenvalue weighted by Crippen LogP contribution is 2.30. The molecule has 0 aromatic carbocycles. The third-order valence-electron chi connectivity index (χ3n) is 2.62. The Labute approximate surface area is 97.3 Å². The number of hydrogen-bond donors (Lipinski definition) is 0. The molecular weight excluding hydrogens is 220 g/mol. The third-order valence-corrected chi connectivity index (χ3v) is 2.62. The molecule has 17 heavy (non-hydrogen) atoms. The lowest BCUT2D eigenvalue weighted by Gasteiger charge is -2.18. The van der Waals surface area contributed by atoms with Crippen LogP contribution in [-0.4, -0.2) is 23.7 Å². The number of allylic oxidation sites excluding steroid dienone is 1. The summed E-state index contributed by atoms with van der Waals surface area (Å²) in [6.07, 6.45) is 1.41. The molecule has 0 amide bonds. The molecule has 0 bridgehead atoms. The van der Waals surface area contributed by atoms with Gasteiger partial charge in [0.05, 0.1) is 12.7 Å². The minimum absolute atomic E-state index is 0.0300. The molecule has 2 rings (SSSR count). The molecule has 5 heteroatoms. The van der Waals surface area contributed by atoms with Gasteiger partial charge in [0, 0.05) is 17.3 Å². The Morgan fingerprint density at radius 1 is 1.35 bits per heavy atom. The first kappa shape index (κ1) is 11.0. The zero-order valence-corrected chi connectivity index (χ0v) is 9.27. The number of methoxy groups -OCH3 is 1. The number of carbonyl (C=O) groups excluding carboxylic acids is 2. The van der Waals surface area contributed by atoms with Crippen molar-refractivity contribution in [2.75, 3.05) is 7.11 Å². The standard InChI is InChI=1S/C12H8N2O3/c1-6-10(15)11(16)9-7(12(6)17-2)3-4-14-8(9)5-13/h3-4H,1-2H3. The van der Waals surface area contributed by atoms with Gasteiger partial charge in [-0.1, -0.05) is 0 Å². The minimum atomic E-state index is -0.706. The molecule has 0 radical (unpaired) electrons. The van der Waals surface area contributed by atoms with E-state index in [0.29, 0.717) is 11.3 Å². The van der Waals surface area contributed by atoms with Crippen LogP contribution >= 0.6 is 0 Å². The van der Waals surface area contributed by atoms with Crippen molar-refractivity contribution in [3.63, 3.8) is 0 Å². The second-order valence-corrected chi connectivity index (χ2v) is 3.51. The van der Waals surface area contributed by atoms with Crippen LogP contribution in [0, 0.1) is 11.3 Å². The summed E-state index contributed by atoms with van der Waals surface area (Å²) in [5, 5.41) is 8.89. The van der Waals surface area contributed by atoms with Gasteiger partial charge in [-0.05, 0) is 13.0 Å². The summed E-state index contributed by atoms with van der Waals surface area (Å²) >= 11 is 0. The van der Waals surface area contributed by atoms with E-state index >= 15 is 0 Å². The zero-order chi connectivity index (χ0) is 12.6. The van der Waals surface area contributed by atoms with Crippen LogP contribution in [0.25, 0.3) is 5.76 Å².